The second-order valence-electron chi connectivity index (χ2n) is 7.89. The number of likely N-dealkylation sites (tertiary alicyclic amines) is 1. The van der Waals surface area contributed by atoms with Crippen LogP contribution in [-0.2, 0) is 9.53 Å². The number of hydrogen-bond donors (Lipinski definition) is 1. The van der Waals surface area contributed by atoms with Crippen LogP contribution in [0.4, 0.5) is 5.82 Å². The average molecular weight is 359 g/mol. The van der Waals surface area contributed by atoms with Gasteiger partial charge in [-0.1, -0.05) is 0 Å². The first kappa shape index (κ1) is 17.7. The van der Waals surface area contributed by atoms with Gasteiger partial charge < -0.3 is 19.9 Å². The molecule has 3 aliphatic rings. The van der Waals surface area contributed by atoms with Crippen LogP contribution in [-0.4, -0.2) is 77.7 Å². The number of anilines is 1. The van der Waals surface area contributed by atoms with Gasteiger partial charge in [0.2, 0.25) is 5.91 Å². The number of ether oxygens (including phenoxy) is 1. The fourth-order valence-electron chi connectivity index (χ4n) is 3.92. The topological polar surface area (TPSA) is 70.6 Å². The van der Waals surface area contributed by atoms with Crippen LogP contribution in [0, 0.1) is 11.8 Å². The number of rotatable bonds is 7. The fourth-order valence-corrected chi connectivity index (χ4v) is 3.92. The molecule has 3 fully saturated rings. The van der Waals surface area contributed by atoms with Crippen LogP contribution in [0.15, 0.2) is 18.6 Å². The number of nitrogens with zero attached hydrogens (tertiary/aromatic N) is 4. The van der Waals surface area contributed by atoms with Gasteiger partial charge in [0.1, 0.15) is 12.4 Å². The monoisotopic (exact) mass is 359 g/mol. The Morgan fingerprint density at radius 1 is 1.12 bits per heavy atom. The molecule has 1 aromatic rings. The molecule has 4 rings (SSSR count). The molecule has 26 heavy (non-hydrogen) atoms. The van der Waals surface area contributed by atoms with Crippen molar-refractivity contribution in [2.45, 2.75) is 31.8 Å². The van der Waals surface area contributed by atoms with Crippen LogP contribution < -0.4 is 5.32 Å². The van der Waals surface area contributed by atoms with Crippen LogP contribution in [0.25, 0.3) is 0 Å². The van der Waals surface area contributed by atoms with E-state index < -0.39 is 0 Å². The Balaban J connectivity index is 1.21. The van der Waals surface area contributed by atoms with E-state index >= 15 is 0 Å². The third-order valence-corrected chi connectivity index (χ3v) is 5.69. The molecule has 1 atom stereocenters. The average Bonchev–Trinajstić information content (AvgIpc) is 3.49. The molecular weight excluding hydrogens is 330 g/mol. The van der Waals surface area contributed by atoms with Gasteiger partial charge in [0.25, 0.3) is 0 Å². The maximum Gasteiger partial charge on any atom is 0.248 e. The van der Waals surface area contributed by atoms with Crippen LogP contribution in [0.1, 0.15) is 25.7 Å². The minimum atomic E-state index is 0.00432. The van der Waals surface area contributed by atoms with Crippen molar-refractivity contribution in [3.8, 4) is 0 Å². The number of piperidine rings is 1. The van der Waals surface area contributed by atoms with Gasteiger partial charge in [-0.2, -0.15) is 0 Å². The van der Waals surface area contributed by atoms with Gasteiger partial charge >= 0.3 is 0 Å². The Hall–Kier alpha value is -1.73. The number of carbonyl (C=O) groups is 1. The summed E-state index contributed by atoms with van der Waals surface area (Å²) in [6, 6.07) is 0. The van der Waals surface area contributed by atoms with Gasteiger partial charge in [-0.05, 0) is 50.6 Å². The third-order valence-electron chi connectivity index (χ3n) is 5.69. The lowest BCUT2D eigenvalue weighted by Crippen LogP contribution is -2.51. The minimum Gasteiger partial charge on any atom is -0.366 e. The van der Waals surface area contributed by atoms with E-state index in [1.165, 1.54) is 45.3 Å². The van der Waals surface area contributed by atoms with Gasteiger partial charge in [-0.25, -0.2) is 4.98 Å². The summed E-state index contributed by atoms with van der Waals surface area (Å²) < 4.78 is 5.69. The molecule has 0 unspecified atom stereocenters. The number of carbonyl (C=O) groups excluding carboxylic acids is 1. The molecule has 7 nitrogen and oxygen atoms in total. The molecule has 1 amide bonds. The van der Waals surface area contributed by atoms with E-state index in [4.69, 9.17) is 4.74 Å². The zero-order valence-corrected chi connectivity index (χ0v) is 15.3. The van der Waals surface area contributed by atoms with Gasteiger partial charge in [0, 0.05) is 38.6 Å². The molecule has 0 bridgehead atoms. The Morgan fingerprint density at radius 2 is 1.92 bits per heavy atom. The number of morpholine rings is 1. The van der Waals surface area contributed by atoms with Crippen molar-refractivity contribution in [1.82, 2.24) is 19.8 Å². The molecule has 142 valence electrons. The van der Waals surface area contributed by atoms with E-state index in [2.05, 4.69) is 20.2 Å². The molecule has 0 aromatic carbocycles. The first-order chi connectivity index (χ1) is 12.8. The smallest absolute Gasteiger partial charge is 0.248 e. The molecule has 3 heterocycles. The summed E-state index contributed by atoms with van der Waals surface area (Å²) >= 11 is 0. The predicted octanol–water partition coefficient (Wildman–Crippen LogP) is 1.24. The standard InChI is InChI=1S/C19H29N5O2/c25-19-14-26-17(9-22-18-10-20-5-6-21-18)13-24(19)12-16-3-7-23(8-4-16)11-15-1-2-15/h5-6,10,15-17H,1-4,7-9,11-14H2,(H,21,22)/t17-/m1/s1. The van der Waals surface area contributed by atoms with E-state index in [0.717, 1.165) is 18.3 Å². The molecule has 7 heteroatoms. The summed E-state index contributed by atoms with van der Waals surface area (Å²) in [5.41, 5.74) is 0. The zero-order valence-electron chi connectivity index (χ0n) is 15.3. The SMILES string of the molecule is O=C1CO[C@H](CNc2cnccn2)CN1CC1CCN(CC2CC2)CC1. The van der Waals surface area contributed by atoms with Crippen molar-refractivity contribution >= 4 is 11.7 Å². The number of nitrogens with one attached hydrogen (secondary N) is 1. The molecule has 2 aliphatic heterocycles. The third kappa shape index (κ3) is 4.92. The highest BCUT2D eigenvalue weighted by Crippen LogP contribution is 2.31. The quantitative estimate of drug-likeness (QED) is 0.790. The molecule has 1 saturated carbocycles. The van der Waals surface area contributed by atoms with E-state index in [-0.39, 0.29) is 18.6 Å². The molecule has 1 N–H and O–H groups in total. The highest BCUT2D eigenvalue weighted by molar-refractivity contribution is 5.78. The zero-order chi connectivity index (χ0) is 17.8. The summed E-state index contributed by atoms with van der Waals surface area (Å²) in [5.74, 6) is 2.46. The lowest BCUT2D eigenvalue weighted by atomic mass is 9.95. The van der Waals surface area contributed by atoms with Crippen molar-refractivity contribution in [3.05, 3.63) is 18.6 Å². The largest absolute Gasteiger partial charge is 0.366 e. The van der Waals surface area contributed by atoms with E-state index in [1.54, 1.807) is 18.6 Å². The second kappa shape index (κ2) is 8.31. The molecule has 2 saturated heterocycles. The molecular formula is C19H29N5O2. The first-order valence-electron chi connectivity index (χ1n) is 9.88. The molecule has 0 radical (unpaired) electrons. The van der Waals surface area contributed by atoms with Crippen molar-refractivity contribution in [3.63, 3.8) is 0 Å². The molecule has 1 aliphatic carbocycles. The number of aromatic nitrogens is 2. The maximum absolute atomic E-state index is 12.3. The van der Waals surface area contributed by atoms with Crippen LogP contribution in [0.5, 0.6) is 0 Å². The van der Waals surface area contributed by atoms with Crippen LogP contribution in [0.3, 0.4) is 0 Å². The van der Waals surface area contributed by atoms with Crippen molar-refractivity contribution in [2.24, 2.45) is 11.8 Å². The van der Waals surface area contributed by atoms with Gasteiger partial charge in [-0.15, -0.1) is 0 Å². The lowest BCUT2D eigenvalue weighted by molar-refractivity contribution is -0.149. The van der Waals surface area contributed by atoms with Crippen molar-refractivity contribution in [1.29, 1.82) is 0 Å². The van der Waals surface area contributed by atoms with E-state index in [1.807, 2.05) is 4.90 Å². The van der Waals surface area contributed by atoms with Gasteiger partial charge in [-0.3, -0.25) is 9.78 Å². The highest BCUT2D eigenvalue weighted by atomic mass is 16.5. The second-order valence-corrected chi connectivity index (χ2v) is 7.89. The van der Waals surface area contributed by atoms with E-state index in [9.17, 15) is 4.79 Å². The normalized spacial score (nSPS) is 25.5. The predicted molar refractivity (Wildman–Crippen MR) is 98.7 cm³/mol. The number of amides is 1. The maximum atomic E-state index is 12.3. The fraction of sp³-hybridized carbons (Fsp3) is 0.737. The summed E-state index contributed by atoms with van der Waals surface area (Å²) in [6.07, 6.45) is 10.3. The summed E-state index contributed by atoms with van der Waals surface area (Å²) in [7, 11) is 0. The summed E-state index contributed by atoms with van der Waals surface area (Å²) in [4.78, 5) is 25.1. The van der Waals surface area contributed by atoms with Crippen molar-refractivity contribution in [2.75, 3.05) is 51.2 Å². The van der Waals surface area contributed by atoms with Crippen LogP contribution in [0.2, 0.25) is 0 Å². The summed E-state index contributed by atoms with van der Waals surface area (Å²) in [6.45, 7) is 6.04. The lowest BCUT2D eigenvalue weighted by Gasteiger charge is -2.38. The summed E-state index contributed by atoms with van der Waals surface area (Å²) in [5, 5.41) is 3.24. The number of hydrogen-bond acceptors (Lipinski definition) is 6. The van der Waals surface area contributed by atoms with E-state index in [0.29, 0.717) is 19.0 Å². The Kier molecular flexibility index (Phi) is 5.65. The van der Waals surface area contributed by atoms with Crippen molar-refractivity contribution < 1.29 is 9.53 Å². The Labute approximate surface area is 155 Å². The highest BCUT2D eigenvalue weighted by Gasteiger charge is 2.31. The van der Waals surface area contributed by atoms with Gasteiger partial charge in [0.15, 0.2) is 0 Å². The Morgan fingerprint density at radius 3 is 2.65 bits per heavy atom. The molecule has 1 aromatic heterocycles. The molecule has 0 spiro atoms. The first-order valence-corrected chi connectivity index (χ1v) is 9.88. The van der Waals surface area contributed by atoms with Crippen LogP contribution >= 0.6 is 0 Å². The Bertz CT molecular complexity index is 587. The van der Waals surface area contributed by atoms with Gasteiger partial charge in [0.05, 0.1) is 12.3 Å². The minimum absolute atomic E-state index is 0.00432.